The molecular weight excluding hydrogens is 246 g/mol. The first-order valence-corrected chi connectivity index (χ1v) is 5.34. The minimum absolute atomic E-state index is 0.104. The molecule has 1 nitrogen and oxygen atoms in total. The Labute approximate surface area is 102 Å². The molecule has 0 aliphatic heterocycles. The summed E-state index contributed by atoms with van der Waals surface area (Å²) in [4.78, 5) is 0. The zero-order valence-electron chi connectivity index (χ0n) is 8.70. The highest BCUT2D eigenvalue weighted by molar-refractivity contribution is 6.30. The van der Waals surface area contributed by atoms with Crippen LogP contribution >= 0.6 is 11.6 Å². The number of hydrogen-bond acceptors (Lipinski definition) is 1. The van der Waals surface area contributed by atoms with Crippen LogP contribution in [0.4, 0.5) is 8.78 Å². The minimum Gasteiger partial charge on any atom is -0.384 e. The molecule has 0 saturated carbocycles. The molecule has 0 radical (unpaired) electrons. The summed E-state index contributed by atoms with van der Waals surface area (Å²) in [6.45, 7) is 0. The molecular formula is C13H9ClF2O. The van der Waals surface area contributed by atoms with E-state index in [4.69, 9.17) is 11.6 Å². The van der Waals surface area contributed by atoms with Gasteiger partial charge in [0, 0.05) is 10.6 Å². The largest absolute Gasteiger partial charge is 0.384 e. The summed E-state index contributed by atoms with van der Waals surface area (Å²) in [6, 6.07) is 9.35. The average Bonchev–Trinajstić information content (AvgIpc) is 2.31. The van der Waals surface area contributed by atoms with Crippen LogP contribution in [0.5, 0.6) is 0 Å². The van der Waals surface area contributed by atoms with Gasteiger partial charge >= 0.3 is 0 Å². The Morgan fingerprint density at radius 1 is 1.06 bits per heavy atom. The number of hydrogen-bond donors (Lipinski definition) is 1. The second-order valence-electron chi connectivity index (χ2n) is 3.62. The van der Waals surface area contributed by atoms with Gasteiger partial charge in [0.2, 0.25) is 0 Å². The van der Waals surface area contributed by atoms with Gasteiger partial charge in [-0.2, -0.15) is 0 Å². The molecule has 0 heterocycles. The lowest BCUT2D eigenvalue weighted by atomic mass is 10.0. The van der Waals surface area contributed by atoms with Crippen molar-refractivity contribution in [2.24, 2.45) is 0 Å². The number of benzene rings is 2. The molecule has 17 heavy (non-hydrogen) atoms. The Kier molecular flexibility index (Phi) is 3.41. The standard InChI is InChI=1S/C13H9ClF2O/c14-9-3-1-2-8(6-9)13(17)11-7-10(15)4-5-12(11)16/h1-7,13,17H. The molecule has 0 aliphatic carbocycles. The molecule has 0 aromatic heterocycles. The molecule has 1 atom stereocenters. The third-order valence-electron chi connectivity index (χ3n) is 2.42. The molecule has 0 saturated heterocycles. The maximum Gasteiger partial charge on any atom is 0.129 e. The predicted octanol–water partition coefficient (Wildman–Crippen LogP) is 3.70. The van der Waals surface area contributed by atoms with Crippen molar-refractivity contribution in [2.75, 3.05) is 0 Å². The second kappa shape index (κ2) is 4.82. The third kappa shape index (κ3) is 2.62. The van der Waals surface area contributed by atoms with Crippen LogP contribution in [0.15, 0.2) is 42.5 Å². The maximum absolute atomic E-state index is 13.4. The molecule has 2 aromatic carbocycles. The van der Waals surface area contributed by atoms with Crippen LogP contribution in [-0.2, 0) is 0 Å². The van der Waals surface area contributed by atoms with Crippen molar-refractivity contribution in [3.05, 3.63) is 70.2 Å². The summed E-state index contributed by atoms with van der Waals surface area (Å²) in [5.74, 6) is -1.25. The summed E-state index contributed by atoms with van der Waals surface area (Å²) in [7, 11) is 0. The van der Waals surface area contributed by atoms with Gasteiger partial charge in [0.25, 0.3) is 0 Å². The lowest BCUT2D eigenvalue weighted by Gasteiger charge is -2.12. The van der Waals surface area contributed by atoms with Gasteiger partial charge < -0.3 is 5.11 Å². The van der Waals surface area contributed by atoms with E-state index in [0.29, 0.717) is 10.6 Å². The third-order valence-corrected chi connectivity index (χ3v) is 2.65. The van der Waals surface area contributed by atoms with Crippen molar-refractivity contribution in [1.82, 2.24) is 0 Å². The first kappa shape index (κ1) is 12.0. The molecule has 2 aromatic rings. The van der Waals surface area contributed by atoms with Crippen molar-refractivity contribution in [2.45, 2.75) is 6.10 Å². The Morgan fingerprint density at radius 3 is 2.53 bits per heavy atom. The van der Waals surface area contributed by atoms with Gasteiger partial charge in [0.05, 0.1) is 0 Å². The summed E-state index contributed by atoms with van der Waals surface area (Å²) >= 11 is 5.77. The highest BCUT2D eigenvalue weighted by Gasteiger charge is 2.15. The van der Waals surface area contributed by atoms with Crippen molar-refractivity contribution < 1.29 is 13.9 Å². The quantitative estimate of drug-likeness (QED) is 0.866. The molecule has 4 heteroatoms. The van der Waals surface area contributed by atoms with E-state index in [0.717, 1.165) is 18.2 Å². The van der Waals surface area contributed by atoms with Gasteiger partial charge in [0.1, 0.15) is 17.7 Å². The van der Waals surface area contributed by atoms with Crippen LogP contribution in [-0.4, -0.2) is 5.11 Å². The van der Waals surface area contributed by atoms with Crippen LogP contribution in [0.3, 0.4) is 0 Å². The number of halogens is 3. The number of rotatable bonds is 2. The van der Waals surface area contributed by atoms with Gasteiger partial charge in [-0.05, 0) is 35.9 Å². The zero-order chi connectivity index (χ0) is 12.4. The van der Waals surface area contributed by atoms with Gasteiger partial charge in [-0.1, -0.05) is 23.7 Å². The normalized spacial score (nSPS) is 12.5. The van der Waals surface area contributed by atoms with Crippen LogP contribution < -0.4 is 0 Å². The first-order valence-electron chi connectivity index (χ1n) is 4.96. The van der Waals surface area contributed by atoms with Crippen LogP contribution in [0, 0.1) is 11.6 Å². The fourth-order valence-electron chi connectivity index (χ4n) is 1.58. The summed E-state index contributed by atoms with van der Waals surface area (Å²) < 4.78 is 26.4. The molecule has 88 valence electrons. The van der Waals surface area contributed by atoms with Crippen LogP contribution in [0.2, 0.25) is 5.02 Å². The van der Waals surface area contributed by atoms with Crippen molar-refractivity contribution >= 4 is 11.6 Å². The molecule has 2 rings (SSSR count). The van der Waals surface area contributed by atoms with Gasteiger partial charge in [-0.15, -0.1) is 0 Å². The molecule has 0 fully saturated rings. The van der Waals surface area contributed by atoms with Gasteiger partial charge in [-0.25, -0.2) is 8.78 Å². The van der Waals surface area contributed by atoms with E-state index in [9.17, 15) is 13.9 Å². The Balaban J connectivity index is 2.43. The Bertz CT molecular complexity index is 543. The number of aliphatic hydroxyl groups excluding tert-OH is 1. The predicted molar refractivity (Wildman–Crippen MR) is 61.9 cm³/mol. The van der Waals surface area contributed by atoms with E-state index in [1.165, 1.54) is 6.07 Å². The molecule has 1 N–H and O–H groups in total. The van der Waals surface area contributed by atoms with E-state index in [-0.39, 0.29) is 5.56 Å². The average molecular weight is 255 g/mol. The van der Waals surface area contributed by atoms with E-state index < -0.39 is 17.7 Å². The lowest BCUT2D eigenvalue weighted by molar-refractivity contribution is 0.214. The SMILES string of the molecule is OC(c1cccc(Cl)c1)c1cc(F)ccc1F. The summed E-state index contributed by atoms with van der Waals surface area (Å²) in [6.07, 6.45) is -1.23. The molecule has 0 bridgehead atoms. The maximum atomic E-state index is 13.4. The van der Waals surface area contributed by atoms with E-state index in [2.05, 4.69) is 0 Å². The van der Waals surface area contributed by atoms with E-state index in [1.807, 2.05) is 0 Å². The highest BCUT2D eigenvalue weighted by Crippen LogP contribution is 2.26. The second-order valence-corrected chi connectivity index (χ2v) is 4.06. The van der Waals surface area contributed by atoms with Crippen molar-refractivity contribution in [3.8, 4) is 0 Å². The van der Waals surface area contributed by atoms with Gasteiger partial charge in [0.15, 0.2) is 0 Å². The molecule has 1 unspecified atom stereocenters. The molecule has 0 spiro atoms. The highest BCUT2D eigenvalue weighted by atomic mass is 35.5. The van der Waals surface area contributed by atoms with E-state index >= 15 is 0 Å². The van der Waals surface area contributed by atoms with Crippen LogP contribution in [0.1, 0.15) is 17.2 Å². The topological polar surface area (TPSA) is 20.2 Å². The smallest absolute Gasteiger partial charge is 0.129 e. The van der Waals surface area contributed by atoms with Crippen molar-refractivity contribution in [1.29, 1.82) is 0 Å². The zero-order valence-corrected chi connectivity index (χ0v) is 9.46. The summed E-state index contributed by atoms with van der Waals surface area (Å²) in [5.41, 5.74) is 0.314. The summed E-state index contributed by atoms with van der Waals surface area (Å²) in [5, 5.41) is 10.4. The van der Waals surface area contributed by atoms with Gasteiger partial charge in [-0.3, -0.25) is 0 Å². The molecule has 0 aliphatic rings. The Morgan fingerprint density at radius 2 is 1.82 bits per heavy atom. The fourth-order valence-corrected chi connectivity index (χ4v) is 1.78. The number of aliphatic hydroxyl groups is 1. The van der Waals surface area contributed by atoms with Crippen LogP contribution in [0.25, 0.3) is 0 Å². The van der Waals surface area contributed by atoms with E-state index in [1.54, 1.807) is 18.2 Å². The lowest BCUT2D eigenvalue weighted by Crippen LogP contribution is -2.03. The molecule has 0 amide bonds. The minimum atomic E-state index is -1.23. The van der Waals surface area contributed by atoms with Crippen molar-refractivity contribution in [3.63, 3.8) is 0 Å². The monoisotopic (exact) mass is 254 g/mol. The Hall–Kier alpha value is -1.45. The first-order chi connectivity index (χ1) is 8.08. The fraction of sp³-hybridized carbons (Fsp3) is 0.0769.